The number of carbonyl (C=O) groups excluding carboxylic acids is 1. The fourth-order valence-corrected chi connectivity index (χ4v) is 4.33. The molecule has 3 rings (SSSR count). The maximum absolute atomic E-state index is 12.3. The maximum atomic E-state index is 12.3. The zero-order valence-corrected chi connectivity index (χ0v) is 14.4. The molecule has 2 saturated heterocycles. The van der Waals surface area contributed by atoms with Gasteiger partial charge in [0.25, 0.3) is 5.91 Å². The monoisotopic (exact) mass is 412 g/mol. The number of nitrogens with zero attached hydrogens (tertiary/aromatic N) is 1. The molecule has 1 spiro atoms. The molecule has 0 unspecified atom stereocenters. The number of likely N-dealkylation sites (tertiary alicyclic amines) is 1. The smallest absolute Gasteiger partial charge is 0.254 e. The van der Waals surface area contributed by atoms with Crippen molar-refractivity contribution in [1.29, 1.82) is 0 Å². The SMILES string of the molecule is Cl.O=C(c1csc(I)c1)N1CCC2(CCNC2)CC1. The van der Waals surface area contributed by atoms with Gasteiger partial charge in [-0.15, -0.1) is 23.7 Å². The normalized spacial score (nSPS) is 21.4. The molecular weight excluding hydrogens is 395 g/mol. The van der Waals surface area contributed by atoms with E-state index in [0.29, 0.717) is 5.41 Å². The molecule has 3 nitrogen and oxygen atoms in total. The lowest BCUT2D eigenvalue weighted by Gasteiger charge is -2.38. The molecule has 1 aromatic rings. The third-order valence-electron chi connectivity index (χ3n) is 4.26. The van der Waals surface area contributed by atoms with Crippen molar-refractivity contribution in [1.82, 2.24) is 10.2 Å². The molecule has 6 heteroatoms. The van der Waals surface area contributed by atoms with Crippen molar-refractivity contribution in [3.63, 3.8) is 0 Å². The molecule has 0 bridgehead atoms. The van der Waals surface area contributed by atoms with E-state index in [-0.39, 0.29) is 18.3 Å². The molecule has 2 aliphatic rings. The Morgan fingerprint density at radius 3 is 2.63 bits per heavy atom. The number of rotatable bonds is 1. The molecule has 19 heavy (non-hydrogen) atoms. The zero-order chi connectivity index (χ0) is 12.6. The standard InChI is InChI=1S/C13H17IN2OS.ClH/c14-11-7-10(8-18-11)12(17)16-5-2-13(3-6-16)1-4-15-9-13;/h7-8,15H,1-6,9H2;1H. The summed E-state index contributed by atoms with van der Waals surface area (Å²) in [6, 6.07) is 2.00. The van der Waals surface area contributed by atoms with Crippen LogP contribution < -0.4 is 5.32 Å². The van der Waals surface area contributed by atoms with Crippen LogP contribution in [0.15, 0.2) is 11.4 Å². The van der Waals surface area contributed by atoms with Gasteiger partial charge in [-0.3, -0.25) is 4.79 Å². The minimum atomic E-state index is 0. The minimum Gasteiger partial charge on any atom is -0.339 e. The van der Waals surface area contributed by atoms with Crippen LogP contribution in [0, 0.1) is 8.30 Å². The molecule has 1 N–H and O–H groups in total. The van der Waals surface area contributed by atoms with E-state index in [0.717, 1.165) is 44.6 Å². The number of piperidine rings is 1. The van der Waals surface area contributed by atoms with Crippen LogP contribution in [0.25, 0.3) is 0 Å². The van der Waals surface area contributed by atoms with Crippen LogP contribution in [-0.4, -0.2) is 37.0 Å². The predicted molar refractivity (Wildman–Crippen MR) is 89.3 cm³/mol. The van der Waals surface area contributed by atoms with Gasteiger partial charge >= 0.3 is 0 Å². The Morgan fingerprint density at radius 2 is 2.11 bits per heavy atom. The molecule has 1 amide bonds. The van der Waals surface area contributed by atoms with Gasteiger partial charge < -0.3 is 10.2 Å². The number of amides is 1. The number of thiophene rings is 1. The van der Waals surface area contributed by atoms with Gasteiger partial charge in [0.05, 0.1) is 8.45 Å². The Kier molecular flexibility index (Phi) is 5.14. The summed E-state index contributed by atoms with van der Waals surface area (Å²) < 4.78 is 1.18. The van der Waals surface area contributed by atoms with Gasteiger partial charge in [-0.25, -0.2) is 0 Å². The highest BCUT2D eigenvalue weighted by atomic mass is 127. The van der Waals surface area contributed by atoms with Crippen LogP contribution >= 0.6 is 46.3 Å². The molecule has 0 aromatic carbocycles. The summed E-state index contributed by atoms with van der Waals surface area (Å²) in [5.41, 5.74) is 1.35. The first kappa shape index (κ1) is 15.5. The van der Waals surface area contributed by atoms with Gasteiger partial charge in [-0.1, -0.05) is 0 Å². The van der Waals surface area contributed by atoms with E-state index in [1.165, 1.54) is 9.30 Å². The van der Waals surface area contributed by atoms with E-state index in [2.05, 4.69) is 27.9 Å². The summed E-state index contributed by atoms with van der Waals surface area (Å²) in [5, 5.41) is 5.44. The van der Waals surface area contributed by atoms with Gasteiger partial charge in [0, 0.05) is 25.0 Å². The van der Waals surface area contributed by atoms with Crippen molar-refractivity contribution in [2.24, 2.45) is 5.41 Å². The first-order valence-corrected chi connectivity index (χ1v) is 8.38. The van der Waals surface area contributed by atoms with Crippen LogP contribution in [0.5, 0.6) is 0 Å². The van der Waals surface area contributed by atoms with Crippen molar-refractivity contribution >= 4 is 52.2 Å². The summed E-state index contributed by atoms with van der Waals surface area (Å²) >= 11 is 3.91. The van der Waals surface area contributed by atoms with E-state index in [1.807, 2.05) is 16.3 Å². The first-order valence-electron chi connectivity index (χ1n) is 6.43. The number of hydrogen-bond acceptors (Lipinski definition) is 3. The second-order valence-corrected chi connectivity index (χ2v) is 8.16. The molecule has 2 aliphatic heterocycles. The minimum absolute atomic E-state index is 0. The van der Waals surface area contributed by atoms with Crippen LogP contribution in [-0.2, 0) is 0 Å². The summed E-state index contributed by atoms with van der Waals surface area (Å²) in [4.78, 5) is 14.4. The highest BCUT2D eigenvalue weighted by Gasteiger charge is 2.38. The number of nitrogens with one attached hydrogen (secondary N) is 1. The summed E-state index contributed by atoms with van der Waals surface area (Å²) in [6.07, 6.45) is 3.60. The second kappa shape index (κ2) is 6.28. The molecule has 0 atom stereocenters. The first-order chi connectivity index (χ1) is 8.69. The predicted octanol–water partition coefficient (Wildman–Crippen LogP) is 2.99. The fraction of sp³-hybridized carbons (Fsp3) is 0.615. The lowest BCUT2D eigenvalue weighted by Crippen LogP contribution is -2.43. The molecule has 3 heterocycles. The second-order valence-electron chi connectivity index (χ2n) is 5.36. The van der Waals surface area contributed by atoms with Crippen molar-refractivity contribution in [3.8, 4) is 0 Å². The highest BCUT2D eigenvalue weighted by Crippen LogP contribution is 2.37. The average molecular weight is 413 g/mol. The van der Waals surface area contributed by atoms with Crippen molar-refractivity contribution in [3.05, 3.63) is 19.9 Å². The Morgan fingerprint density at radius 1 is 1.37 bits per heavy atom. The molecule has 0 aliphatic carbocycles. The van der Waals surface area contributed by atoms with E-state index >= 15 is 0 Å². The number of halogens is 2. The van der Waals surface area contributed by atoms with Crippen molar-refractivity contribution in [2.75, 3.05) is 26.2 Å². The third-order valence-corrected chi connectivity index (χ3v) is 6.05. The fourth-order valence-electron chi connectivity index (χ4n) is 3.01. The van der Waals surface area contributed by atoms with Gasteiger partial charge in [-0.2, -0.15) is 0 Å². The lowest BCUT2D eigenvalue weighted by atomic mass is 9.78. The van der Waals surface area contributed by atoms with Crippen LogP contribution in [0.2, 0.25) is 0 Å². The molecule has 0 saturated carbocycles. The highest BCUT2D eigenvalue weighted by molar-refractivity contribution is 14.1. The van der Waals surface area contributed by atoms with Crippen LogP contribution in [0.3, 0.4) is 0 Å². The summed E-state index contributed by atoms with van der Waals surface area (Å²) in [6.45, 7) is 4.14. The van der Waals surface area contributed by atoms with Gasteiger partial charge in [0.1, 0.15) is 0 Å². The van der Waals surface area contributed by atoms with Crippen LogP contribution in [0.4, 0.5) is 0 Å². The number of hydrogen-bond donors (Lipinski definition) is 1. The van der Waals surface area contributed by atoms with E-state index in [9.17, 15) is 4.79 Å². The van der Waals surface area contributed by atoms with Crippen molar-refractivity contribution < 1.29 is 4.79 Å². The average Bonchev–Trinajstić information content (AvgIpc) is 3.00. The largest absolute Gasteiger partial charge is 0.339 e. The Bertz CT molecular complexity index is 449. The molecular formula is C13H18ClIN2OS. The molecule has 106 valence electrons. The Balaban J connectivity index is 0.00000133. The van der Waals surface area contributed by atoms with Gasteiger partial charge in [0.15, 0.2) is 0 Å². The Hall–Kier alpha value is 0.150. The zero-order valence-electron chi connectivity index (χ0n) is 10.7. The van der Waals surface area contributed by atoms with E-state index in [1.54, 1.807) is 11.3 Å². The quantitative estimate of drug-likeness (QED) is 0.719. The van der Waals surface area contributed by atoms with Crippen LogP contribution in [0.1, 0.15) is 29.6 Å². The molecule has 0 radical (unpaired) electrons. The maximum Gasteiger partial charge on any atom is 0.254 e. The topological polar surface area (TPSA) is 32.3 Å². The molecule has 2 fully saturated rings. The molecule has 1 aromatic heterocycles. The lowest BCUT2D eigenvalue weighted by molar-refractivity contribution is 0.0608. The van der Waals surface area contributed by atoms with Crippen molar-refractivity contribution in [2.45, 2.75) is 19.3 Å². The third kappa shape index (κ3) is 3.25. The van der Waals surface area contributed by atoms with Gasteiger partial charge in [-0.05, 0) is 59.9 Å². The van der Waals surface area contributed by atoms with E-state index in [4.69, 9.17) is 0 Å². The number of carbonyl (C=O) groups is 1. The summed E-state index contributed by atoms with van der Waals surface area (Å²) in [7, 11) is 0. The summed E-state index contributed by atoms with van der Waals surface area (Å²) in [5.74, 6) is 0.218. The van der Waals surface area contributed by atoms with E-state index < -0.39 is 0 Å². The Labute approximate surface area is 137 Å². The van der Waals surface area contributed by atoms with Gasteiger partial charge in [0.2, 0.25) is 0 Å².